The molecule has 1 aromatic rings. The second kappa shape index (κ2) is 5.71. The van der Waals surface area contributed by atoms with Gasteiger partial charge in [0.05, 0.1) is 5.56 Å². The molecule has 2 N–H and O–H groups in total. The number of ether oxygens (including phenoxy) is 2. The first kappa shape index (κ1) is 16.9. The lowest BCUT2D eigenvalue weighted by Gasteiger charge is -2.20. The number of anilines is 1. The number of rotatable bonds is 2. The van der Waals surface area contributed by atoms with Gasteiger partial charge in [0.1, 0.15) is 17.0 Å². The first-order chi connectivity index (χ1) is 9.37. The van der Waals surface area contributed by atoms with Crippen LogP contribution < -0.4 is 5.73 Å². The fraction of sp³-hybridized carbons (Fsp3) is 0.533. The maximum Gasteiger partial charge on any atom is 0.357 e. The molecule has 6 heteroatoms. The molecule has 0 bridgehead atoms. The first-order valence-electron chi connectivity index (χ1n) is 6.62. The van der Waals surface area contributed by atoms with Crippen molar-refractivity contribution < 1.29 is 19.1 Å². The van der Waals surface area contributed by atoms with E-state index < -0.39 is 23.1 Å². The lowest BCUT2D eigenvalue weighted by molar-refractivity contribution is 0.00628. The van der Waals surface area contributed by atoms with Crippen molar-refractivity contribution in [2.75, 3.05) is 5.73 Å². The Bertz CT molecular complexity index is 508. The van der Waals surface area contributed by atoms with E-state index in [1.54, 1.807) is 41.5 Å². The highest BCUT2D eigenvalue weighted by molar-refractivity contribution is 5.95. The Hall–Kier alpha value is -2.11. The lowest BCUT2D eigenvalue weighted by Crippen LogP contribution is -2.26. The zero-order valence-electron chi connectivity index (χ0n) is 13.3. The molecule has 0 saturated carbocycles. The van der Waals surface area contributed by atoms with Gasteiger partial charge in [0.15, 0.2) is 5.69 Å². The van der Waals surface area contributed by atoms with Crippen LogP contribution in [0.2, 0.25) is 0 Å². The van der Waals surface area contributed by atoms with Gasteiger partial charge in [0.2, 0.25) is 0 Å². The number of pyridine rings is 1. The van der Waals surface area contributed by atoms with Crippen LogP contribution in [-0.2, 0) is 9.47 Å². The third kappa shape index (κ3) is 5.81. The first-order valence-corrected chi connectivity index (χ1v) is 6.62. The molecule has 0 saturated heterocycles. The quantitative estimate of drug-likeness (QED) is 0.843. The van der Waals surface area contributed by atoms with Gasteiger partial charge in [-0.2, -0.15) is 0 Å². The van der Waals surface area contributed by atoms with Crippen molar-refractivity contribution in [1.29, 1.82) is 0 Å². The maximum absolute atomic E-state index is 12.0. The van der Waals surface area contributed by atoms with Crippen molar-refractivity contribution in [2.24, 2.45) is 0 Å². The van der Waals surface area contributed by atoms with Crippen LogP contribution in [0.15, 0.2) is 12.1 Å². The zero-order valence-corrected chi connectivity index (χ0v) is 13.3. The third-order valence-corrected chi connectivity index (χ3v) is 2.09. The average molecular weight is 294 g/mol. The van der Waals surface area contributed by atoms with E-state index in [0.717, 1.165) is 0 Å². The molecule has 0 atom stereocenters. The Morgan fingerprint density at radius 1 is 0.952 bits per heavy atom. The smallest absolute Gasteiger partial charge is 0.357 e. The Morgan fingerprint density at radius 2 is 1.43 bits per heavy atom. The summed E-state index contributed by atoms with van der Waals surface area (Å²) in [5, 5.41) is 0. The zero-order chi connectivity index (χ0) is 16.4. The Balaban J connectivity index is 3.05. The predicted octanol–water partition coefficient (Wildman–Crippen LogP) is 2.57. The van der Waals surface area contributed by atoms with E-state index in [1.807, 2.05) is 0 Å². The highest BCUT2D eigenvalue weighted by Gasteiger charge is 2.23. The van der Waals surface area contributed by atoms with E-state index >= 15 is 0 Å². The van der Waals surface area contributed by atoms with Crippen molar-refractivity contribution in [3.8, 4) is 0 Å². The summed E-state index contributed by atoms with van der Waals surface area (Å²) in [7, 11) is 0. The molecular formula is C15H22N2O4. The number of hydrogen-bond acceptors (Lipinski definition) is 6. The molecular weight excluding hydrogens is 272 g/mol. The van der Waals surface area contributed by atoms with Crippen molar-refractivity contribution in [2.45, 2.75) is 52.7 Å². The van der Waals surface area contributed by atoms with Crippen LogP contribution in [0.1, 0.15) is 62.4 Å². The number of carbonyl (C=O) groups is 2. The summed E-state index contributed by atoms with van der Waals surface area (Å²) in [5.41, 5.74) is 4.48. The van der Waals surface area contributed by atoms with Gasteiger partial charge in [-0.15, -0.1) is 0 Å². The van der Waals surface area contributed by atoms with Gasteiger partial charge < -0.3 is 15.2 Å². The predicted molar refractivity (Wildman–Crippen MR) is 79.0 cm³/mol. The second-order valence-electron chi connectivity index (χ2n) is 6.67. The van der Waals surface area contributed by atoms with Gasteiger partial charge in [-0.1, -0.05) is 0 Å². The minimum atomic E-state index is -0.657. The van der Waals surface area contributed by atoms with E-state index in [1.165, 1.54) is 12.1 Å². The van der Waals surface area contributed by atoms with Gasteiger partial charge in [-0.3, -0.25) is 0 Å². The van der Waals surface area contributed by atoms with E-state index in [-0.39, 0.29) is 17.1 Å². The van der Waals surface area contributed by atoms with E-state index in [2.05, 4.69) is 4.98 Å². The minimum Gasteiger partial charge on any atom is -0.456 e. The molecule has 116 valence electrons. The number of nitrogens with zero attached hydrogens (tertiary/aromatic N) is 1. The Morgan fingerprint density at radius 3 is 1.90 bits per heavy atom. The minimum absolute atomic E-state index is 0.0224. The van der Waals surface area contributed by atoms with Crippen molar-refractivity contribution >= 4 is 17.8 Å². The van der Waals surface area contributed by atoms with E-state index in [0.29, 0.717) is 0 Å². The van der Waals surface area contributed by atoms with E-state index in [4.69, 9.17) is 15.2 Å². The number of aromatic nitrogens is 1. The van der Waals surface area contributed by atoms with Crippen LogP contribution in [-0.4, -0.2) is 28.1 Å². The molecule has 6 nitrogen and oxygen atoms in total. The molecule has 0 aromatic carbocycles. The van der Waals surface area contributed by atoms with Gasteiger partial charge in [-0.25, -0.2) is 14.6 Å². The summed E-state index contributed by atoms with van der Waals surface area (Å²) in [6.07, 6.45) is 0. The van der Waals surface area contributed by atoms with Crippen LogP contribution in [0, 0.1) is 0 Å². The van der Waals surface area contributed by atoms with Gasteiger partial charge in [0.25, 0.3) is 0 Å². The lowest BCUT2D eigenvalue weighted by atomic mass is 10.1. The molecule has 0 aliphatic carbocycles. The van der Waals surface area contributed by atoms with Crippen LogP contribution in [0.5, 0.6) is 0 Å². The summed E-state index contributed by atoms with van der Waals surface area (Å²) >= 11 is 0. The monoisotopic (exact) mass is 294 g/mol. The maximum atomic E-state index is 12.0. The van der Waals surface area contributed by atoms with Gasteiger partial charge in [0, 0.05) is 0 Å². The highest BCUT2D eigenvalue weighted by atomic mass is 16.6. The van der Waals surface area contributed by atoms with Crippen LogP contribution in [0.25, 0.3) is 0 Å². The Labute approximate surface area is 124 Å². The molecule has 1 rings (SSSR count). The van der Waals surface area contributed by atoms with Gasteiger partial charge in [-0.05, 0) is 53.7 Å². The van der Waals surface area contributed by atoms with Crippen LogP contribution in [0.4, 0.5) is 5.82 Å². The number of nitrogens with two attached hydrogens (primary N) is 1. The SMILES string of the molecule is CC(C)(C)OC(=O)c1cc(N)nc(C(=O)OC(C)(C)C)c1. The molecule has 0 unspecified atom stereocenters. The average Bonchev–Trinajstić information content (AvgIpc) is 2.23. The molecule has 1 aromatic heterocycles. The van der Waals surface area contributed by atoms with Crippen LogP contribution in [0.3, 0.4) is 0 Å². The van der Waals surface area contributed by atoms with E-state index in [9.17, 15) is 9.59 Å². The fourth-order valence-electron chi connectivity index (χ4n) is 1.44. The highest BCUT2D eigenvalue weighted by Crippen LogP contribution is 2.17. The summed E-state index contributed by atoms with van der Waals surface area (Å²) in [6.45, 7) is 10.5. The molecule has 0 fully saturated rings. The largest absolute Gasteiger partial charge is 0.456 e. The van der Waals surface area contributed by atoms with Crippen molar-refractivity contribution in [1.82, 2.24) is 4.98 Å². The standard InChI is InChI=1S/C15H22N2O4/c1-14(2,3)20-12(18)9-7-10(17-11(16)8-9)13(19)21-15(4,5)6/h7-8H,1-6H3,(H2,16,17). The van der Waals surface area contributed by atoms with Crippen molar-refractivity contribution in [3.63, 3.8) is 0 Å². The number of carbonyl (C=O) groups excluding carboxylic acids is 2. The fourth-order valence-corrected chi connectivity index (χ4v) is 1.44. The molecule has 1 heterocycles. The van der Waals surface area contributed by atoms with Crippen molar-refractivity contribution in [3.05, 3.63) is 23.4 Å². The summed E-state index contributed by atoms with van der Waals surface area (Å²) in [6, 6.07) is 2.68. The normalized spacial score (nSPS) is 11.9. The molecule has 0 amide bonds. The second-order valence-corrected chi connectivity index (χ2v) is 6.67. The number of esters is 2. The molecule has 0 radical (unpaired) electrons. The molecule has 0 spiro atoms. The topological polar surface area (TPSA) is 91.5 Å². The number of nitrogen functional groups attached to an aromatic ring is 1. The molecule has 0 aliphatic rings. The third-order valence-electron chi connectivity index (χ3n) is 2.09. The van der Waals surface area contributed by atoms with Crippen LogP contribution >= 0.6 is 0 Å². The summed E-state index contributed by atoms with van der Waals surface area (Å²) in [4.78, 5) is 27.9. The van der Waals surface area contributed by atoms with Gasteiger partial charge >= 0.3 is 11.9 Å². The molecule has 21 heavy (non-hydrogen) atoms. The number of hydrogen-bond donors (Lipinski definition) is 1. The summed E-state index contributed by atoms with van der Waals surface area (Å²) in [5.74, 6) is -1.15. The molecule has 0 aliphatic heterocycles. The Kier molecular flexibility index (Phi) is 4.61. The summed E-state index contributed by atoms with van der Waals surface area (Å²) < 4.78 is 10.4.